The molecule has 1 unspecified atom stereocenters. The normalized spacial score (nSPS) is 20.6. The molecule has 40 heavy (non-hydrogen) atoms. The number of piperidine rings is 2. The number of para-hydroxylation sites is 1. The van der Waals surface area contributed by atoms with E-state index in [0.29, 0.717) is 19.4 Å². The second-order valence-electron chi connectivity index (χ2n) is 10.6. The number of aromatic nitrogens is 1. The molecule has 0 saturated carbocycles. The van der Waals surface area contributed by atoms with E-state index < -0.39 is 17.7 Å². The Bertz CT molecular complexity index is 1280. The highest BCUT2D eigenvalue weighted by Gasteiger charge is 2.64. The number of carbonyl (C=O) groups is 1. The van der Waals surface area contributed by atoms with Crippen molar-refractivity contribution in [3.05, 3.63) is 95.8 Å². The molecule has 0 aliphatic carbocycles. The third-order valence-electron chi connectivity index (χ3n) is 8.53. The van der Waals surface area contributed by atoms with Crippen molar-refractivity contribution >= 4 is 5.91 Å². The second kappa shape index (κ2) is 11.6. The minimum Gasteiger partial charge on any atom is -0.489 e. The van der Waals surface area contributed by atoms with Crippen LogP contribution in [-0.4, -0.2) is 55.3 Å². The number of nitrogens with zero attached hydrogens (tertiary/aromatic N) is 2. The smallest absolute Gasteiger partial charge is 0.430 e. The minimum atomic E-state index is -4.92. The molecule has 2 aliphatic rings. The molecule has 0 bridgehead atoms. The van der Waals surface area contributed by atoms with Crippen molar-refractivity contribution in [3.63, 3.8) is 0 Å². The number of methoxy groups -OCH3 is 1. The van der Waals surface area contributed by atoms with Gasteiger partial charge in [0.25, 0.3) is 11.5 Å². The summed E-state index contributed by atoms with van der Waals surface area (Å²) in [6, 6.07) is 19.0. The molecule has 2 atom stereocenters. The summed E-state index contributed by atoms with van der Waals surface area (Å²) in [5.74, 6) is -0.181. The number of pyridine rings is 1. The van der Waals surface area contributed by atoms with E-state index in [4.69, 9.17) is 9.47 Å². The van der Waals surface area contributed by atoms with Crippen LogP contribution in [-0.2, 0) is 21.7 Å². The van der Waals surface area contributed by atoms with Gasteiger partial charge in [-0.1, -0.05) is 54.6 Å². The van der Waals surface area contributed by atoms with Gasteiger partial charge in [0.15, 0.2) is 0 Å². The standard InChI is InChI=1S/C31H34F3N3O3/c1-39-30(31(32,33)34,24-9-3-2-4-10-24)28(38)37-18-14-29(15-19-37)13-17-36-21-26(29)25-11-5-6-12-27(25)40-22-23-8-7-16-35-20-23/h2-12,16,20,26,36H,13-15,17-19,21-22H2,1H3/t26?,30-/m1/s1. The summed E-state index contributed by atoms with van der Waals surface area (Å²) in [5, 5.41) is 3.50. The van der Waals surface area contributed by atoms with E-state index in [0.717, 1.165) is 43.5 Å². The lowest BCUT2D eigenvalue weighted by Crippen LogP contribution is -2.59. The van der Waals surface area contributed by atoms with Crippen LogP contribution in [0.5, 0.6) is 5.75 Å². The fourth-order valence-electron chi connectivity index (χ4n) is 6.34. The predicted molar refractivity (Wildman–Crippen MR) is 145 cm³/mol. The number of alkyl halides is 3. The zero-order valence-corrected chi connectivity index (χ0v) is 22.5. The lowest BCUT2D eigenvalue weighted by molar-refractivity contribution is -0.271. The van der Waals surface area contributed by atoms with Crippen molar-refractivity contribution in [1.29, 1.82) is 0 Å². The van der Waals surface area contributed by atoms with E-state index >= 15 is 0 Å². The Hall–Kier alpha value is -3.43. The molecule has 3 heterocycles. The SMILES string of the molecule is CO[C@@](C(=O)N1CCC2(CCNCC2c2ccccc2OCc2cccnc2)CC1)(c1ccccc1)C(F)(F)F. The van der Waals surface area contributed by atoms with Crippen molar-refractivity contribution in [2.75, 3.05) is 33.3 Å². The van der Waals surface area contributed by atoms with Crippen molar-refractivity contribution < 1.29 is 27.4 Å². The number of amides is 1. The molecular weight excluding hydrogens is 519 g/mol. The predicted octanol–water partition coefficient (Wildman–Crippen LogP) is 5.45. The summed E-state index contributed by atoms with van der Waals surface area (Å²) >= 11 is 0. The van der Waals surface area contributed by atoms with Gasteiger partial charge in [0.1, 0.15) is 12.4 Å². The van der Waals surface area contributed by atoms with E-state index in [1.54, 1.807) is 18.5 Å². The van der Waals surface area contributed by atoms with Crippen LogP contribution in [0.3, 0.4) is 0 Å². The number of halogens is 3. The average molecular weight is 554 g/mol. The van der Waals surface area contributed by atoms with Gasteiger partial charge in [0, 0.05) is 56.2 Å². The van der Waals surface area contributed by atoms with E-state index in [-0.39, 0.29) is 30.0 Å². The largest absolute Gasteiger partial charge is 0.489 e. The van der Waals surface area contributed by atoms with E-state index in [2.05, 4.69) is 16.4 Å². The Morgan fingerprint density at radius 2 is 1.75 bits per heavy atom. The molecule has 1 spiro atoms. The van der Waals surface area contributed by atoms with Crippen LogP contribution in [0.25, 0.3) is 0 Å². The molecule has 1 amide bonds. The Morgan fingerprint density at radius 1 is 1.02 bits per heavy atom. The summed E-state index contributed by atoms with van der Waals surface area (Å²) in [4.78, 5) is 19.1. The van der Waals surface area contributed by atoms with E-state index in [1.165, 1.54) is 29.2 Å². The summed E-state index contributed by atoms with van der Waals surface area (Å²) in [7, 11) is 0.953. The molecule has 2 fully saturated rings. The first-order chi connectivity index (χ1) is 19.3. The molecule has 3 aromatic rings. The highest BCUT2D eigenvalue weighted by molar-refractivity contribution is 5.88. The number of hydrogen-bond acceptors (Lipinski definition) is 5. The molecule has 9 heteroatoms. The van der Waals surface area contributed by atoms with Crippen molar-refractivity contribution in [3.8, 4) is 5.75 Å². The zero-order chi connectivity index (χ0) is 28.2. The highest BCUT2D eigenvalue weighted by atomic mass is 19.4. The maximum absolute atomic E-state index is 14.5. The maximum atomic E-state index is 14.5. The van der Waals surface area contributed by atoms with Gasteiger partial charge in [0.05, 0.1) is 0 Å². The Morgan fingerprint density at radius 3 is 2.42 bits per heavy atom. The number of benzene rings is 2. The Kier molecular flexibility index (Phi) is 8.14. The first-order valence-corrected chi connectivity index (χ1v) is 13.6. The summed E-state index contributed by atoms with van der Waals surface area (Å²) in [5.41, 5.74) is -1.39. The molecule has 1 aromatic heterocycles. The van der Waals surface area contributed by atoms with Gasteiger partial charge in [-0.25, -0.2) is 0 Å². The number of nitrogens with one attached hydrogen (secondary N) is 1. The van der Waals surface area contributed by atoms with Gasteiger partial charge >= 0.3 is 6.18 Å². The number of rotatable bonds is 7. The molecule has 0 radical (unpaired) electrons. The monoisotopic (exact) mass is 553 g/mol. The second-order valence-corrected chi connectivity index (χ2v) is 10.6. The first-order valence-electron chi connectivity index (χ1n) is 13.6. The van der Waals surface area contributed by atoms with Crippen LogP contribution < -0.4 is 10.1 Å². The topological polar surface area (TPSA) is 63.7 Å². The number of ether oxygens (including phenoxy) is 2. The fraction of sp³-hybridized carbons (Fsp3) is 0.419. The minimum absolute atomic E-state index is 0.0903. The lowest BCUT2D eigenvalue weighted by Gasteiger charge is -2.51. The average Bonchev–Trinajstić information content (AvgIpc) is 2.98. The van der Waals surface area contributed by atoms with Crippen LogP contribution >= 0.6 is 0 Å². The number of hydrogen-bond donors (Lipinski definition) is 1. The lowest BCUT2D eigenvalue weighted by atomic mass is 9.62. The molecule has 2 saturated heterocycles. The van der Waals surface area contributed by atoms with Crippen molar-refractivity contribution in [1.82, 2.24) is 15.2 Å². The number of likely N-dealkylation sites (tertiary alicyclic amines) is 1. The molecule has 5 rings (SSSR count). The van der Waals surface area contributed by atoms with Gasteiger partial charge in [0.2, 0.25) is 0 Å². The van der Waals surface area contributed by atoms with E-state index in [9.17, 15) is 18.0 Å². The third-order valence-corrected chi connectivity index (χ3v) is 8.53. The fourth-order valence-corrected chi connectivity index (χ4v) is 6.34. The zero-order valence-electron chi connectivity index (χ0n) is 22.5. The van der Waals surface area contributed by atoms with Crippen molar-refractivity contribution in [2.24, 2.45) is 5.41 Å². The van der Waals surface area contributed by atoms with Crippen molar-refractivity contribution in [2.45, 2.75) is 43.6 Å². The van der Waals surface area contributed by atoms with Gasteiger partial charge in [-0.2, -0.15) is 13.2 Å². The van der Waals surface area contributed by atoms with Gasteiger partial charge in [-0.3, -0.25) is 9.78 Å². The summed E-state index contributed by atoms with van der Waals surface area (Å²) in [6.45, 7) is 2.38. The highest BCUT2D eigenvalue weighted by Crippen LogP contribution is 2.51. The van der Waals surface area contributed by atoms with Crippen LogP contribution in [0.4, 0.5) is 13.2 Å². The Balaban J connectivity index is 1.37. The Labute approximate surface area is 232 Å². The molecule has 2 aromatic carbocycles. The van der Waals surface area contributed by atoms with Crippen LogP contribution in [0.2, 0.25) is 0 Å². The molecular formula is C31H34F3N3O3. The summed E-state index contributed by atoms with van der Waals surface area (Å²) < 4.78 is 54.9. The van der Waals surface area contributed by atoms with Gasteiger partial charge in [-0.05, 0) is 48.9 Å². The summed E-state index contributed by atoms with van der Waals surface area (Å²) in [6.07, 6.45) is 0.622. The molecule has 2 aliphatic heterocycles. The van der Waals surface area contributed by atoms with E-state index in [1.807, 2.05) is 30.3 Å². The van der Waals surface area contributed by atoms with Gasteiger partial charge < -0.3 is 19.7 Å². The van der Waals surface area contributed by atoms with Crippen LogP contribution in [0.15, 0.2) is 79.1 Å². The number of carbonyl (C=O) groups excluding carboxylic acids is 1. The van der Waals surface area contributed by atoms with Crippen LogP contribution in [0, 0.1) is 5.41 Å². The van der Waals surface area contributed by atoms with Gasteiger partial charge in [-0.15, -0.1) is 0 Å². The first kappa shape index (κ1) is 28.1. The third kappa shape index (κ3) is 5.20. The quantitative estimate of drug-likeness (QED) is 0.422. The molecule has 1 N–H and O–H groups in total. The maximum Gasteiger partial charge on any atom is 0.430 e. The van der Waals surface area contributed by atoms with Crippen LogP contribution in [0.1, 0.15) is 41.9 Å². The molecule has 6 nitrogen and oxygen atoms in total. The molecule has 212 valence electrons.